The van der Waals surface area contributed by atoms with Crippen molar-refractivity contribution < 1.29 is 22.8 Å². The van der Waals surface area contributed by atoms with Gasteiger partial charge in [0.05, 0.1) is 5.69 Å². The largest absolute Gasteiger partial charge is 0.398 e. The summed E-state index contributed by atoms with van der Waals surface area (Å²) in [5.41, 5.74) is -0.202. The smallest absolute Gasteiger partial charge is 0.357 e. The van der Waals surface area contributed by atoms with Crippen molar-refractivity contribution >= 4 is 11.8 Å². The molecule has 2 heterocycles. The molecule has 29 heavy (non-hydrogen) atoms. The minimum atomic E-state index is -4.47. The number of halogens is 3. The van der Waals surface area contributed by atoms with Crippen LogP contribution in [0.1, 0.15) is 62.0 Å². The SMILES string of the molecule is CNC(=O)C(NC(=O)c1nc(C(C)C(F)(F)F)n2c1CN(C)CCC2)C(C)(C)C. The molecule has 0 bridgehead atoms. The molecule has 2 amide bonds. The van der Waals surface area contributed by atoms with Gasteiger partial charge >= 0.3 is 6.18 Å². The van der Waals surface area contributed by atoms with E-state index in [9.17, 15) is 22.8 Å². The van der Waals surface area contributed by atoms with Crippen molar-refractivity contribution in [3.63, 3.8) is 0 Å². The number of fused-ring (bicyclic) bond motifs is 1. The number of carbonyl (C=O) groups excluding carboxylic acids is 2. The Morgan fingerprint density at radius 2 is 1.79 bits per heavy atom. The lowest BCUT2D eigenvalue weighted by atomic mass is 9.86. The van der Waals surface area contributed by atoms with E-state index in [1.165, 1.54) is 11.6 Å². The first kappa shape index (κ1) is 23.2. The van der Waals surface area contributed by atoms with E-state index in [2.05, 4.69) is 15.6 Å². The number of nitrogens with one attached hydrogen (secondary N) is 2. The summed E-state index contributed by atoms with van der Waals surface area (Å²) in [7, 11) is 3.31. The molecule has 0 radical (unpaired) electrons. The Labute approximate surface area is 169 Å². The van der Waals surface area contributed by atoms with Gasteiger partial charge in [-0.1, -0.05) is 20.8 Å². The monoisotopic (exact) mass is 417 g/mol. The van der Waals surface area contributed by atoms with Crippen LogP contribution in [0, 0.1) is 5.41 Å². The molecule has 2 N–H and O–H groups in total. The second kappa shape index (κ2) is 8.33. The third kappa shape index (κ3) is 5.09. The number of likely N-dealkylation sites (N-methyl/N-ethyl adjacent to an activating group) is 1. The van der Waals surface area contributed by atoms with E-state index in [1.54, 1.807) is 20.8 Å². The third-order valence-electron chi connectivity index (χ3n) is 5.19. The normalized spacial score (nSPS) is 17.8. The van der Waals surface area contributed by atoms with Crippen LogP contribution in [-0.2, 0) is 17.9 Å². The van der Waals surface area contributed by atoms with E-state index in [0.717, 1.165) is 6.92 Å². The first-order valence-electron chi connectivity index (χ1n) is 9.64. The van der Waals surface area contributed by atoms with E-state index >= 15 is 0 Å². The molecule has 1 aromatic heterocycles. The molecule has 1 aliphatic heterocycles. The Kier molecular flexibility index (Phi) is 6.66. The van der Waals surface area contributed by atoms with Gasteiger partial charge in [0.25, 0.3) is 5.91 Å². The number of hydrogen-bond acceptors (Lipinski definition) is 4. The van der Waals surface area contributed by atoms with Crippen molar-refractivity contribution in [3.05, 3.63) is 17.2 Å². The molecule has 0 saturated heterocycles. The van der Waals surface area contributed by atoms with Crippen LogP contribution in [0.5, 0.6) is 0 Å². The predicted octanol–water partition coefficient (Wildman–Crippen LogP) is 2.27. The van der Waals surface area contributed by atoms with Gasteiger partial charge in [-0.3, -0.25) is 9.59 Å². The lowest BCUT2D eigenvalue weighted by molar-refractivity contribution is -0.148. The number of aromatic nitrogens is 2. The second-order valence-corrected chi connectivity index (χ2v) is 8.66. The van der Waals surface area contributed by atoms with Crippen LogP contribution in [0.3, 0.4) is 0 Å². The fourth-order valence-electron chi connectivity index (χ4n) is 3.43. The fourth-order valence-corrected chi connectivity index (χ4v) is 3.43. The van der Waals surface area contributed by atoms with Crippen molar-refractivity contribution in [2.45, 2.75) is 65.3 Å². The highest BCUT2D eigenvalue weighted by atomic mass is 19.4. The third-order valence-corrected chi connectivity index (χ3v) is 5.19. The Morgan fingerprint density at radius 1 is 1.17 bits per heavy atom. The maximum Gasteiger partial charge on any atom is 0.398 e. The van der Waals surface area contributed by atoms with Gasteiger partial charge in [-0.25, -0.2) is 4.98 Å². The van der Waals surface area contributed by atoms with E-state index in [1.807, 2.05) is 11.9 Å². The predicted molar refractivity (Wildman–Crippen MR) is 102 cm³/mol. The average molecular weight is 417 g/mol. The molecule has 0 spiro atoms. The summed E-state index contributed by atoms with van der Waals surface area (Å²) in [5, 5.41) is 5.19. The molecule has 0 aromatic carbocycles. The van der Waals surface area contributed by atoms with Gasteiger partial charge in [-0.15, -0.1) is 0 Å². The van der Waals surface area contributed by atoms with Crippen molar-refractivity contribution in [2.75, 3.05) is 20.6 Å². The maximum atomic E-state index is 13.4. The number of rotatable bonds is 4. The summed E-state index contributed by atoms with van der Waals surface area (Å²) >= 11 is 0. The summed E-state index contributed by atoms with van der Waals surface area (Å²) in [5.74, 6) is -2.99. The minimum Gasteiger partial charge on any atom is -0.357 e. The van der Waals surface area contributed by atoms with Crippen molar-refractivity contribution in [2.24, 2.45) is 5.41 Å². The Morgan fingerprint density at radius 3 is 2.31 bits per heavy atom. The molecule has 1 aliphatic rings. The van der Waals surface area contributed by atoms with Crippen LogP contribution in [0.15, 0.2) is 0 Å². The molecule has 0 fully saturated rings. The molecule has 0 saturated carbocycles. The summed E-state index contributed by atoms with van der Waals surface area (Å²) in [4.78, 5) is 31.4. The number of amides is 2. The average Bonchev–Trinajstić information content (AvgIpc) is 2.83. The zero-order valence-electron chi connectivity index (χ0n) is 17.8. The van der Waals surface area contributed by atoms with Gasteiger partial charge in [-0.05, 0) is 32.4 Å². The highest BCUT2D eigenvalue weighted by Gasteiger charge is 2.42. The Hall–Kier alpha value is -2.10. The summed E-state index contributed by atoms with van der Waals surface area (Å²) in [6.07, 6.45) is -3.81. The Balaban J connectivity index is 2.50. The first-order chi connectivity index (χ1) is 13.3. The zero-order chi connectivity index (χ0) is 22.1. The van der Waals surface area contributed by atoms with Gasteiger partial charge in [-0.2, -0.15) is 13.2 Å². The minimum absolute atomic E-state index is 0.0528. The molecule has 7 nitrogen and oxygen atoms in total. The highest BCUT2D eigenvalue weighted by molar-refractivity contribution is 5.97. The lowest BCUT2D eigenvalue weighted by Gasteiger charge is -2.29. The van der Waals surface area contributed by atoms with Crippen molar-refractivity contribution in [1.82, 2.24) is 25.1 Å². The number of carbonyl (C=O) groups is 2. The van der Waals surface area contributed by atoms with Crippen molar-refractivity contribution in [1.29, 1.82) is 0 Å². The van der Waals surface area contributed by atoms with Crippen LogP contribution in [0.4, 0.5) is 13.2 Å². The number of imidazole rings is 1. The highest BCUT2D eigenvalue weighted by Crippen LogP contribution is 2.35. The van der Waals surface area contributed by atoms with Gasteiger partial charge in [0, 0.05) is 20.1 Å². The maximum absolute atomic E-state index is 13.4. The summed E-state index contributed by atoms with van der Waals surface area (Å²) in [6.45, 7) is 7.80. The number of alkyl halides is 3. The molecule has 0 aliphatic carbocycles. The fraction of sp³-hybridized carbons (Fsp3) is 0.737. The van der Waals surface area contributed by atoms with Gasteiger partial charge in [0.15, 0.2) is 5.69 Å². The molecular formula is C19H30F3N5O2. The van der Waals surface area contributed by atoms with Crippen LogP contribution < -0.4 is 10.6 Å². The van der Waals surface area contributed by atoms with E-state index in [4.69, 9.17) is 0 Å². The zero-order valence-corrected chi connectivity index (χ0v) is 17.8. The van der Waals surface area contributed by atoms with Gasteiger partial charge < -0.3 is 20.1 Å². The molecule has 1 aromatic rings. The molecule has 164 valence electrons. The van der Waals surface area contributed by atoms with E-state index < -0.39 is 29.5 Å². The van der Waals surface area contributed by atoms with Crippen molar-refractivity contribution in [3.8, 4) is 0 Å². The second-order valence-electron chi connectivity index (χ2n) is 8.66. The van der Waals surface area contributed by atoms with Crippen LogP contribution in [0.25, 0.3) is 0 Å². The van der Waals surface area contributed by atoms with Crippen LogP contribution in [0.2, 0.25) is 0 Å². The van der Waals surface area contributed by atoms with Gasteiger partial charge in [0.2, 0.25) is 5.91 Å². The topological polar surface area (TPSA) is 79.3 Å². The van der Waals surface area contributed by atoms with E-state index in [-0.39, 0.29) is 17.4 Å². The Bertz CT molecular complexity index is 767. The molecule has 2 rings (SSSR count). The molecule has 2 unspecified atom stereocenters. The quantitative estimate of drug-likeness (QED) is 0.788. The molecule has 2 atom stereocenters. The summed E-state index contributed by atoms with van der Waals surface area (Å²) < 4.78 is 41.7. The van der Waals surface area contributed by atoms with Crippen LogP contribution in [-0.4, -0.2) is 59.1 Å². The lowest BCUT2D eigenvalue weighted by Crippen LogP contribution is -2.53. The summed E-state index contributed by atoms with van der Waals surface area (Å²) in [6, 6.07) is -0.857. The molecular weight excluding hydrogens is 387 g/mol. The number of hydrogen-bond donors (Lipinski definition) is 2. The van der Waals surface area contributed by atoms with Crippen LogP contribution >= 0.6 is 0 Å². The first-order valence-corrected chi connectivity index (χ1v) is 9.64. The van der Waals surface area contributed by atoms with E-state index in [0.29, 0.717) is 31.7 Å². The molecule has 10 heteroatoms. The van der Waals surface area contributed by atoms with Gasteiger partial charge in [0.1, 0.15) is 17.8 Å². The standard InChI is InChI=1S/C19H30F3N5O2/c1-11(19(20,21)22)15-24-13(12-10-26(6)8-7-9-27(12)15)16(28)25-14(17(29)23-5)18(2,3)4/h11,14H,7-10H2,1-6H3,(H,23,29)(H,25,28). The number of nitrogens with zero attached hydrogens (tertiary/aromatic N) is 3.